The molecule has 1 saturated carbocycles. The molecule has 0 aliphatic heterocycles. The summed E-state index contributed by atoms with van der Waals surface area (Å²) in [7, 11) is 0. The Morgan fingerprint density at radius 2 is 1.83 bits per heavy atom. The summed E-state index contributed by atoms with van der Waals surface area (Å²) in [6.07, 6.45) is 3.46. The number of esters is 1. The van der Waals surface area contributed by atoms with E-state index in [1.807, 2.05) is 74.5 Å². The van der Waals surface area contributed by atoms with Gasteiger partial charge < -0.3 is 13.9 Å². The van der Waals surface area contributed by atoms with Crippen LogP contribution in [-0.2, 0) is 16.1 Å². The molecule has 1 fully saturated rings. The number of ether oxygens (including phenoxy) is 2. The van der Waals surface area contributed by atoms with Crippen molar-refractivity contribution < 1.29 is 18.7 Å². The van der Waals surface area contributed by atoms with Crippen LogP contribution in [0.4, 0.5) is 0 Å². The quantitative estimate of drug-likeness (QED) is 0.399. The second-order valence-electron chi connectivity index (χ2n) is 7.99. The monoisotopic (exact) mass is 422 g/mol. The molecule has 1 aromatic heterocycles. The lowest BCUT2D eigenvalue weighted by molar-refractivity contribution is -0.147. The van der Waals surface area contributed by atoms with Crippen molar-refractivity contribution in [3.8, 4) is 11.5 Å². The van der Waals surface area contributed by atoms with Gasteiger partial charge in [-0.2, -0.15) is 0 Å². The normalized spacial score (nSPS) is 19.9. The standard InChI is InChI=1S/C25H23ClO4/c1-25(2)20(15-21(26)22-12-7-13-28-22)23(25)24(27)29-16-17-8-6-11-19(14-17)30-18-9-4-3-5-10-18/h3-15,20,23H,16H2,1-2H3/b21-15-/t20-,23+/m1/s1. The molecule has 30 heavy (non-hydrogen) atoms. The molecule has 0 bridgehead atoms. The molecular weight excluding hydrogens is 400 g/mol. The zero-order valence-corrected chi connectivity index (χ0v) is 17.6. The number of carbonyl (C=O) groups excluding carboxylic acids is 1. The lowest BCUT2D eigenvalue weighted by Gasteiger charge is -2.09. The minimum absolute atomic E-state index is 0.00958. The van der Waals surface area contributed by atoms with Crippen LogP contribution in [0.1, 0.15) is 25.2 Å². The molecule has 1 aliphatic rings. The largest absolute Gasteiger partial charge is 0.463 e. The number of halogens is 1. The number of hydrogen-bond acceptors (Lipinski definition) is 4. The topological polar surface area (TPSA) is 48.7 Å². The lowest BCUT2D eigenvalue weighted by atomic mass is 10.1. The van der Waals surface area contributed by atoms with Gasteiger partial charge >= 0.3 is 5.97 Å². The van der Waals surface area contributed by atoms with E-state index >= 15 is 0 Å². The highest BCUT2D eigenvalue weighted by Crippen LogP contribution is 2.60. The van der Waals surface area contributed by atoms with E-state index in [2.05, 4.69) is 0 Å². The lowest BCUT2D eigenvalue weighted by Crippen LogP contribution is -2.10. The molecule has 0 amide bonds. The molecule has 3 aromatic rings. The summed E-state index contributed by atoms with van der Waals surface area (Å²) >= 11 is 6.34. The Hall–Kier alpha value is -2.98. The molecule has 5 heteroatoms. The van der Waals surface area contributed by atoms with E-state index in [0.29, 0.717) is 16.5 Å². The van der Waals surface area contributed by atoms with Gasteiger partial charge in [-0.3, -0.25) is 4.79 Å². The van der Waals surface area contributed by atoms with E-state index in [4.69, 9.17) is 25.5 Å². The van der Waals surface area contributed by atoms with Crippen LogP contribution < -0.4 is 4.74 Å². The number of hydrogen-bond donors (Lipinski definition) is 0. The molecule has 0 saturated heterocycles. The Kier molecular flexibility index (Phi) is 5.69. The fraction of sp³-hybridized carbons (Fsp3) is 0.240. The molecule has 0 radical (unpaired) electrons. The van der Waals surface area contributed by atoms with E-state index in [-0.39, 0.29) is 29.8 Å². The highest BCUT2D eigenvalue weighted by Gasteiger charge is 2.61. The number of benzene rings is 2. The maximum absolute atomic E-state index is 12.7. The second kappa shape index (κ2) is 8.41. The maximum Gasteiger partial charge on any atom is 0.310 e. The second-order valence-corrected chi connectivity index (χ2v) is 8.39. The van der Waals surface area contributed by atoms with Crippen LogP contribution in [0.5, 0.6) is 11.5 Å². The maximum atomic E-state index is 12.7. The van der Waals surface area contributed by atoms with Gasteiger partial charge in [-0.15, -0.1) is 0 Å². The van der Waals surface area contributed by atoms with Gasteiger partial charge in [0, 0.05) is 0 Å². The summed E-state index contributed by atoms with van der Waals surface area (Å²) in [6.45, 7) is 4.28. The van der Waals surface area contributed by atoms with Crippen molar-refractivity contribution in [1.82, 2.24) is 0 Å². The Balaban J connectivity index is 1.37. The first-order valence-electron chi connectivity index (χ1n) is 9.85. The molecular formula is C25H23ClO4. The number of para-hydroxylation sites is 1. The molecule has 0 spiro atoms. The SMILES string of the molecule is CC1(C)[C@H](/C=C(\Cl)c2ccco2)[C@H]1C(=O)OCc1cccc(Oc2ccccc2)c1. The van der Waals surface area contributed by atoms with Gasteiger partial charge in [0.1, 0.15) is 23.9 Å². The van der Waals surface area contributed by atoms with Crippen molar-refractivity contribution in [2.24, 2.45) is 17.3 Å². The zero-order chi connectivity index (χ0) is 21.1. The van der Waals surface area contributed by atoms with Gasteiger partial charge in [0.2, 0.25) is 0 Å². The molecule has 4 nitrogen and oxygen atoms in total. The molecule has 1 aliphatic carbocycles. The Morgan fingerprint density at radius 1 is 1.07 bits per heavy atom. The average molecular weight is 423 g/mol. The highest BCUT2D eigenvalue weighted by molar-refractivity contribution is 6.48. The van der Waals surface area contributed by atoms with Crippen molar-refractivity contribution in [1.29, 1.82) is 0 Å². The Morgan fingerprint density at radius 3 is 2.57 bits per heavy atom. The summed E-state index contributed by atoms with van der Waals surface area (Å²) in [4.78, 5) is 12.7. The molecule has 1 heterocycles. The van der Waals surface area contributed by atoms with E-state index in [0.717, 1.165) is 11.3 Å². The minimum Gasteiger partial charge on any atom is -0.463 e. The zero-order valence-electron chi connectivity index (χ0n) is 16.9. The Bertz CT molecular complexity index is 1040. The van der Waals surface area contributed by atoms with E-state index in [1.165, 1.54) is 0 Å². The van der Waals surface area contributed by atoms with E-state index in [1.54, 1.807) is 18.4 Å². The minimum atomic E-state index is -0.232. The molecule has 4 rings (SSSR count). The summed E-state index contributed by atoms with van der Waals surface area (Å²) in [5, 5.41) is 0.513. The van der Waals surface area contributed by atoms with Crippen molar-refractivity contribution in [2.75, 3.05) is 0 Å². The average Bonchev–Trinajstić information content (AvgIpc) is 3.10. The first kappa shape index (κ1) is 20.3. The molecule has 0 unspecified atom stereocenters. The first-order valence-corrected chi connectivity index (χ1v) is 10.2. The number of carbonyl (C=O) groups is 1. The third-order valence-corrected chi connectivity index (χ3v) is 5.82. The van der Waals surface area contributed by atoms with E-state index in [9.17, 15) is 4.79 Å². The van der Waals surface area contributed by atoms with Crippen LogP contribution in [0.2, 0.25) is 0 Å². The number of allylic oxidation sites excluding steroid dienone is 1. The van der Waals surface area contributed by atoms with Gasteiger partial charge in [-0.05, 0) is 53.3 Å². The third kappa shape index (κ3) is 4.44. The van der Waals surface area contributed by atoms with Crippen molar-refractivity contribution in [3.63, 3.8) is 0 Å². The predicted octanol–water partition coefficient (Wildman–Crippen LogP) is 6.67. The molecule has 2 aromatic carbocycles. The van der Waals surface area contributed by atoms with Crippen LogP contribution in [0, 0.1) is 17.3 Å². The summed E-state index contributed by atoms with van der Waals surface area (Å²) < 4.78 is 16.8. The number of furan rings is 1. The van der Waals surface area contributed by atoms with Gasteiger partial charge in [0.15, 0.2) is 0 Å². The highest BCUT2D eigenvalue weighted by atomic mass is 35.5. The van der Waals surface area contributed by atoms with Crippen LogP contribution in [0.3, 0.4) is 0 Å². The first-order chi connectivity index (χ1) is 14.4. The predicted molar refractivity (Wildman–Crippen MR) is 116 cm³/mol. The molecule has 2 atom stereocenters. The van der Waals surface area contributed by atoms with Gasteiger partial charge in [0.05, 0.1) is 17.2 Å². The van der Waals surface area contributed by atoms with Gasteiger partial charge in [0.25, 0.3) is 0 Å². The fourth-order valence-electron chi connectivity index (χ4n) is 3.66. The van der Waals surface area contributed by atoms with Gasteiger partial charge in [-0.25, -0.2) is 0 Å². The fourth-order valence-corrected chi connectivity index (χ4v) is 3.90. The third-order valence-electron chi connectivity index (χ3n) is 5.51. The number of rotatable bonds is 7. The summed E-state index contributed by atoms with van der Waals surface area (Å²) in [6, 6.07) is 20.7. The van der Waals surface area contributed by atoms with Crippen LogP contribution in [0.15, 0.2) is 83.5 Å². The van der Waals surface area contributed by atoms with E-state index < -0.39 is 0 Å². The van der Waals surface area contributed by atoms with Crippen molar-refractivity contribution >= 4 is 22.6 Å². The van der Waals surface area contributed by atoms with Crippen LogP contribution >= 0.6 is 11.6 Å². The smallest absolute Gasteiger partial charge is 0.310 e. The van der Waals surface area contributed by atoms with Gasteiger partial charge in [-0.1, -0.05) is 61.9 Å². The molecule has 154 valence electrons. The van der Waals surface area contributed by atoms with Crippen LogP contribution in [0.25, 0.3) is 5.03 Å². The summed E-state index contributed by atoms with van der Waals surface area (Å²) in [5.74, 6) is 1.61. The molecule has 0 N–H and O–H groups in total. The summed E-state index contributed by atoms with van der Waals surface area (Å²) in [5.41, 5.74) is 0.665. The Labute approximate surface area is 181 Å². The van der Waals surface area contributed by atoms with Crippen molar-refractivity contribution in [3.05, 3.63) is 90.4 Å². The van der Waals surface area contributed by atoms with Crippen LogP contribution in [-0.4, -0.2) is 5.97 Å². The van der Waals surface area contributed by atoms with Crippen molar-refractivity contribution in [2.45, 2.75) is 20.5 Å².